The van der Waals surface area contributed by atoms with Crippen LogP contribution in [0.25, 0.3) is 0 Å². The van der Waals surface area contributed by atoms with E-state index in [1.807, 2.05) is 0 Å². The smallest absolute Gasteiger partial charge is 0.321 e. The highest BCUT2D eigenvalue weighted by Gasteiger charge is 2.27. The van der Waals surface area contributed by atoms with Crippen LogP contribution in [0.5, 0.6) is 0 Å². The van der Waals surface area contributed by atoms with Crippen LogP contribution in [0, 0.1) is 5.92 Å². The Morgan fingerprint density at radius 2 is 1.90 bits per heavy atom. The van der Waals surface area contributed by atoms with Gasteiger partial charge >= 0.3 is 11.9 Å². The van der Waals surface area contributed by atoms with Crippen molar-refractivity contribution in [3.63, 3.8) is 0 Å². The van der Waals surface area contributed by atoms with Crippen molar-refractivity contribution in [1.29, 1.82) is 0 Å². The molecule has 0 aromatic heterocycles. The number of rotatable bonds is 9. The molecule has 0 amide bonds. The summed E-state index contributed by atoms with van der Waals surface area (Å²) in [6.07, 6.45) is 0.0786. The standard InChI is InChI=1S/C11H22N2O6S/c1-8(2)7-9(11(15)16)12-20(17,18)13(3)6-5-10(14)19-4/h8-9,12H,5-7H2,1-4H3,(H,15,16)/t9-/m1/s1. The zero-order valence-corrected chi connectivity index (χ0v) is 12.9. The number of aliphatic carboxylic acids is 1. The van der Waals surface area contributed by atoms with E-state index in [4.69, 9.17) is 5.11 Å². The summed E-state index contributed by atoms with van der Waals surface area (Å²) < 4.78 is 31.3. The maximum absolute atomic E-state index is 11.9. The van der Waals surface area contributed by atoms with E-state index < -0.39 is 28.2 Å². The number of ether oxygens (including phenoxy) is 1. The fourth-order valence-corrected chi connectivity index (χ4v) is 2.48. The molecule has 0 saturated carbocycles. The van der Waals surface area contributed by atoms with E-state index in [0.717, 1.165) is 4.31 Å². The molecular formula is C11H22N2O6S. The average molecular weight is 310 g/mol. The molecule has 0 aliphatic heterocycles. The van der Waals surface area contributed by atoms with Crippen molar-refractivity contribution in [2.75, 3.05) is 20.7 Å². The van der Waals surface area contributed by atoms with Crippen LogP contribution in [0.1, 0.15) is 26.7 Å². The fourth-order valence-electron chi connectivity index (χ4n) is 1.41. The highest BCUT2D eigenvalue weighted by Crippen LogP contribution is 2.08. The Bertz CT molecular complexity index is 434. The number of hydrogen-bond donors (Lipinski definition) is 2. The third kappa shape index (κ3) is 6.83. The van der Waals surface area contributed by atoms with E-state index in [0.29, 0.717) is 0 Å². The van der Waals surface area contributed by atoms with Crippen molar-refractivity contribution in [1.82, 2.24) is 9.03 Å². The number of carbonyl (C=O) groups excluding carboxylic acids is 1. The van der Waals surface area contributed by atoms with Gasteiger partial charge in [0.1, 0.15) is 6.04 Å². The molecular weight excluding hydrogens is 288 g/mol. The molecule has 0 radical (unpaired) electrons. The molecule has 118 valence electrons. The molecule has 0 rings (SSSR count). The maximum atomic E-state index is 11.9. The lowest BCUT2D eigenvalue weighted by atomic mass is 10.1. The first-order chi connectivity index (χ1) is 9.10. The summed E-state index contributed by atoms with van der Waals surface area (Å²) in [4.78, 5) is 22.0. The van der Waals surface area contributed by atoms with Crippen molar-refractivity contribution < 1.29 is 27.9 Å². The fraction of sp³-hybridized carbons (Fsp3) is 0.818. The normalized spacial score (nSPS) is 13.5. The Morgan fingerprint density at radius 3 is 2.30 bits per heavy atom. The zero-order valence-electron chi connectivity index (χ0n) is 12.1. The summed E-state index contributed by atoms with van der Waals surface area (Å²) >= 11 is 0. The molecule has 0 spiro atoms. The number of esters is 1. The number of hydrogen-bond acceptors (Lipinski definition) is 5. The molecule has 9 heteroatoms. The van der Waals surface area contributed by atoms with Gasteiger partial charge < -0.3 is 9.84 Å². The van der Waals surface area contributed by atoms with Crippen molar-refractivity contribution in [2.24, 2.45) is 5.92 Å². The van der Waals surface area contributed by atoms with Gasteiger partial charge in [-0.05, 0) is 12.3 Å². The van der Waals surface area contributed by atoms with Gasteiger partial charge in [-0.2, -0.15) is 17.4 Å². The minimum Gasteiger partial charge on any atom is -0.480 e. The summed E-state index contributed by atoms with van der Waals surface area (Å²) in [6, 6.07) is -1.19. The maximum Gasteiger partial charge on any atom is 0.321 e. The predicted octanol–water partition coefficient (Wildman–Crippen LogP) is -0.185. The average Bonchev–Trinajstić information content (AvgIpc) is 2.33. The van der Waals surface area contributed by atoms with Crippen LogP contribution in [0.4, 0.5) is 0 Å². The number of carboxylic acid groups (broad SMARTS) is 1. The summed E-state index contributed by atoms with van der Waals surface area (Å²) in [5.41, 5.74) is 0. The highest BCUT2D eigenvalue weighted by atomic mass is 32.2. The van der Waals surface area contributed by atoms with Crippen LogP contribution in [0.15, 0.2) is 0 Å². The molecule has 0 bridgehead atoms. The van der Waals surface area contributed by atoms with E-state index in [-0.39, 0.29) is 25.3 Å². The van der Waals surface area contributed by atoms with Gasteiger partial charge in [-0.1, -0.05) is 13.8 Å². The zero-order chi connectivity index (χ0) is 15.9. The second kappa shape index (κ2) is 8.18. The van der Waals surface area contributed by atoms with Crippen LogP contribution in [-0.4, -0.2) is 56.5 Å². The minimum atomic E-state index is -3.96. The van der Waals surface area contributed by atoms with E-state index in [1.54, 1.807) is 13.8 Å². The molecule has 0 heterocycles. The van der Waals surface area contributed by atoms with Crippen molar-refractivity contribution >= 4 is 22.1 Å². The first-order valence-corrected chi connectivity index (χ1v) is 7.57. The molecule has 0 saturated heterocycles. The monoisotopic (exact) mass is 310 g/mol. The first-order valence-electron chi connectivity index (χ1n) is 6.13. The topological polar surface area (TPSA) is 113 Å². The van der Waals surface area contributed by atoms with Gasteiger partial charge in [0.25, 0.3) is 10.2 Å². The lowest BCUT2D eigenvalue weighted by Gasteiger charge is -2.21. The molecule has 0 aromatic carbocycles. The molecule has 1 atom stereocenters. The van der Waals surface area contributed by atoms with E-state index in [1.165, 1.54) is 14.2 Å². The SMILES string of the molecule is COC(=O)CCN(C)S(=O)(=O)N[C@H](CC(C)C)C(=O)O. The third-order valence-corrected chi connectivity index (χ3v) is 4.15. The van der Waals surface area contributed by atoms with Crippen LogP contribution in [0.3, 0.4) is 0 Å². The van der Waals surface area contributed by atoms with Crippen LogP contribution < -0.4 is 4.72 Å². The van der Waals surface area contributed by atoms with Gasteiger partial charge in [-0.25, -0.2) is 0 Å². The van der Waals surface area contributed by atoms with Gasteiger partial charge in [0.05, 0.1) is 13.5 Å². The molecule has 20 heavy (non-hydrogen) atoms. The van der Waals surface area contributed by atoms with Crippen LogP contribution >= 0.6 is 0 Å². The Morgan fingerprint density at radius 1 is 1.35 bits per heavy atom. The first kappa shape index (κ1) is 18.8. The Kier molecular flexibility index (Phi) is 7.69. The number of nitrogens with one attached hydrogen (secondary N) is 1. The Labute approximate surface area is 119 Å². The second-order valence-corrected chi connectivity index (χ2v) is 6.60. The quantitative estimate of drug-likeness (QED) is 0.571. The largest absolute Gasteiger partial charge is 0.480 e. The van der Waals surface area contributed by atoms with Crippen molar-refractivity contribution in [3.8, 4) is 0 Å². The van der Waals surface area contributed by atoms with Crippen molar-refractivity contribution in [2.45, 2.75) is 32.7 Å². The van der Waals surface area contributed by atoms with Crippen LogP contribution in [-0.2, 0) is 24.5 Å². The Hall–Kier alpha value is -1.19. The van der Waals surface area contributed by atoms with Gasteiger partial charge in [0.2, 0.25) is 0 Å². The number of carboxylic acids is 1. The molecule has 0 aliphatic rings. The summed E-state index contributed by atoms with van der Waals surface area (Å²) in [5, 5.41) is 9.00. The molecule has 0 aromatic rings. The number of methoxy groups -OCH3 is 1. The Balaban J connectivity index is 4.68. The van der Waals surface area contributed by atoms with Gasteiger partial charge in [-0.15, -0.1) is 0 Å². The molecule has 0 fully saturated rings. The summed E-state index contributed by atoms with van der Waals surface area (Å²) in [5.74, 6) is -1.74. The minimum absolute atomic E-state index is 0.0270. The molecule has 2 N–H and O–H groups in total. The van der Waals surface area contributed by atoms with Gasteiger partial charge in [0.15, 0.2) is 0 Å². The second-order valence-electron chi connectivity index (χ2n) is 4.79. The van der Waals surface area contributed by atoms with Gasteiger partial charge in [0, 0.05) is 13.6 Å². The molecule has 0 aliphatic carbocycles. The van der Waals surface area contributed by atoms with Gasteiger partial charge in [-0.3, -0.25) is 9.59 Å². The number of carbonyl (C=O) groups is 2. The highest BCUT2D eigenvalue weighted by molar-refractivity contribution is 7.87. The summed E-state index contributed by atoms with van der Waals surface area (Å²) in [6.45, 7) is 3.51. The summed E-state index contributed by atoms with van der Waals surface area (Å²) in [7, 11) is -1.49. The van der Waals surface area contributed by atoms with E-state index in [2.05, 4.69) is 9.46 Å². The van der Waals surface area contributed by atoms with E-state index >= 15 is 0 Å². The molecule has 8 nitrogen and oxygen atoms in total. The lowest BCUT2D eigenvalue weighted by Crippen LogP contribution is -2.48. The van der Waals surface area contributed by atoms with Crippen LogP contribution in [0.2, 0.25) is 0 Å². The molecule has 0 unspecified atom stereocenters. The number of nitrogens with zero attached hydrogens (tertiary/aromatic N) is 1. The van der Waals surface area contributed by atoms with E-state index in [9.17, 15) is 18.0 Å². The lowest BCUT2D eigenvalue weighted by molar-refractivity contribution is -0.141. The third-order valence-electron chi connectivity index (χ3n) is 2.57. The van der Waals surface area contributed by atoms with Crippen molar-refractivity contribution in [3.05, 3.63) is 0 Å². The predicted molar refractivity (Wildman–Crippen MR) is 72.2 cm³/mol.